The van der Waals surface area contributed by atoms with E-state index >= 15 is 0 Å². The van der Waals surface area contributed by atoms with Crippen molar-refractivity contribution in [1.82, 2.24) is 5.32 Å². The van der Waals surface area contributed by atoms with Gasteiger partial charge in [-0.3, -0.25) is 4.79 Å². The summed E-state index contributed by atoms with van der Waals surface area (Å²) in [7, 11) is 2.89. The molecule has 0 saturated carbocycles. The fourth-order valence-electron chi connectivity index (χ4n) is 2.39. The monoisotopic (exact) mass is 351 g/mol. The van der Waals surface area contributed by atoms with Crippen LogP contribution >= 0.6 is 11.8 Å². The molecule has 130 valence electrons. The lowest BCUT2D eigenvalue weighted by molar-refractivity contribution is -0.142. The van der Waals surface area contributed by atoms with Crippen LogP contribution in [0.1, 0.15) is 22.5 Å². The average molecular weight is 351 g/mol. The number of carbonyl (C=O) groups is 2. The highest BCUT2D eigenvalue weighted by Gasteiger charge is 2.25. The number of rotatable bonds is 7. The van der Waals surface area contributed by atoms with E-state index in [1.165, 1.54) is 7.11 Å². The van der Waals surface area contributed by atoms with Crippen LogP contribution in [0.15, 0.2) is 22.6 Å². The second-order valence-electron chi connectivity index (χ2n) is 5.25. The van der Waals surface area contributed by atoms with Gasteiger partial charge in [-0.05, 0) is 43.6 Å². The smallest absolute Gasteiger partial charge is 0.328 e. The van der Waals surface area contributed by atoms with Crippen LogP contribution in [0.4, 0.5) is 0 Å². The molecule has 1 heterocycles. The third-order valence-electron chi connectivity index (χ3n) is 3.75. The molecule has 0 fully saturated rings. The number of aryl methyl sites for hydroxylation is 1. The number of fused-ring (bicyclic) bond motifs is 1. The van der Waals surface area contributed by atoms with Crippen molar-refractivity contribution in [2.75, 3.05) is 26.2 Å². The van der Waals surface area contributed by atoms with Gasteiger partial charge in [-0.25, -0.2) is 4.79 Å². The number of benzene rings is 1. The predicted octanol–water partition coefficient (Wildman–Crippen LogP) is 2.77. The normalized spacial score (nSPS) is 12.0. The molecule has 1 atom stereocenters. The number of nitrogens with one attached hydrogen (secondary N) is 1. The molecule has 1 aromatic carbocycles. The number of furan rings is 1. The van der Waals surface area contributed by atoms with Crippen molar-refractivity contribution in [3.63, 3.8) is 0 Å². The van der Waals surface area contributed by atoms with Crippen LogP contribution in [-0.4, -0.2) is 44.1 Å². The number of thioether (sulfide) groups is 1. The summed E-state index contributed by atoms with van der Waals surface area (Å²) in [5, 5.41) is 3.50. The number of methoxy groups -OCH3 is 2. The standard InChI is InChI=1S/C17H21NO5S/c1-10-12-9-11(21-2)5-6-14(12)23-15(10)16(19)18-13(7-8-24-4)17(20)22-3/h5-6,9,13H,7-8H2,1-4H3,(H,18,19)/t13-/m1/s1. The van der Waals surface area contributed by atoms with E-state index in [4.69, 9.17) is 13.9 Å². The summed E-state index contributed by atoms with van der Waals surface area (Å²) in [5.74, 6) is 0.713. The largest absolute Gasteiger partial charge is 0.497 e. The maximum atomic E-state index is 12.5. The van der Waals surface area contributed by atoms with Gasteiger partial charge in [-0.1, -0.05) is 0 Å². The van der Waals surface area contributed by atoms with Crippen molar-refractivity contribution in [2.45, 2.75) is 19.4 Å². The van der Waals surface area contributed by atoms with Crippen LogP contribution in [0.2, 0.25) is 0 Å². The maximum absolute atomic E-state index is 12.5. The van der Waals surface area contributed by atoms with E-state index in [1.807, 2.05) is 12.3 Å². The van der Waals surface area contributed by atoms with Gasteiger partial charge >= 0.3 is 5.97 Å². The molecule has 7 heteroatoms. The molecule has 0 unspecified atom stereocenters. The Labute approximate surface area is 144 Å². The number of hydrogen-bond donors (Lipinski definition) is 1. The summed E-state index contributed by atoms with van der Waals surface area (Å²) in [6.45, 7) is 1.80. The van der Waals surface area contributed by atoms with Crippen LogP contribution in [0, 0.1) is 6.92 Å². The fourth-order valence-corrected chi connectivity index (χ4v) is 2.87. The highest BCUT2D eigenvalue weighted by atomic mass is 32.2. The summed E-state index contributed by atoms with van der Waals surface area (Å²) < 4.78 is 15.6. The first-order chi connectivity index (χ1) is 11.5. The second kappa shape index (κ2) is 8.10. The Hall–Kier alpha value is -2.15. The Morgan fingerprint density at radius 1 is 1.33 bits per heavy atom. The van der Waals surface area contributed by atoms with E-state index in [9.17, 15) is 9.59 Å². The van der Waals surface area contributed by atoms with Crippen molar-refractivity contribution in [3.05, 3.63) is 29.5 Å². The van der Waals surface area contributed by atoms with E-state index in [0.29, 0.717) is 23.3 Å². The zero-order valence-corrected chi connectivity index (χ0v) is 15.0. The van der Waals surface area contributed by atoms with Crippen LogP contribution < -0.4 is 10.1 Å². The molecule has 0 radical (unpaired) electrons. The van der Waals surface area contributed by atoms with Gasteiger partial charge in [-0.2, -0.15) is 11.8 Å². The van der Waals surface area contributed by atoms with Gasteiger partial charge in [0.25, 0.3) is 5.91 Å². The molecule has 0 aliphatic carbocycles. The van der Waals surface area contributed by atoms with E-state index in [2.05, 4.69) is 5.32 Å². The molecule has 0 saturated heterocycles. The Bertz CT molecular complexity index is 740. The van der Waals surface area contributed by atoms with Crippen molar-refractivity contribution in [1.29, 1.82) is 0 Å². The van der Waals surface area contributed by atoms with Gasteiger partial charge in [0, 0.05) is 10.9 Å². The van der Waals surface area contributed by atoms with Gasteiger partial charge in [0.2, 0.25) is 0 Å². The minimum absolute atomic E-state index is 0.191. The lowest BCUT2D eigenvalue weighted by Gasteiger charge is -2.15. The van der Waals surface area contributed by atoms with E-state index in [-0.39, 0.29) is 5.76 Å². The Kier molecular flexibility index (Phi) is 6.14. The van der Waals surface area contributed by atoms with Gasteiger partial charge < -0.3 is 19.2 Å². The average Bonchev–Trinajstić information content (AvgIpc) is 2.94. The molecular weight excluding hydrogens is 330 g/mol. The number of esters is 1. The highest BCUT2D eigenvalue weighted by molar-refractivity contribution is 7.98. The first-order valence-electron chi connectivity index (χ1n) is 7.46. The Morgan fingerprint density at radius 2 is 2.08 bits per heavy atom. The van der Waals surface area contributed by atoms with E-state index < -0.39 is 17.9 Å². The molecule has 0 aliphatic rings. The van der Waals surface area contributed by atoms with Crippen molar-refractivity contribution < 1.29 is 23.5 Å². The Morgan fingerprint density at radius 3 is 2.71 bits per heavy atom. The van der Waals surface area contributed by atoms with Crippen LogP contribution in [0.5, 0.6) is 5.75 Å². The third kappa shape index (κ3) is 3.84. The van der Waals surface area contributed by atoms with Crippen LogP contribution in [0.25, 0.3) is 11.0 Å². The molecule has 0 spiro atoms. The van der Waals surface area contributed by atoms with Gasteiger partial charge in [0.05, 0.1) is 14.2 Å². The maximum Gasteiger partial charge on any atom is 0.328 e. The molecule has 1 aromatic heterocycles. The quantitative estimate of drug-likeness (QED) is 0.773. The van der Waals surface area contributed by atoms with Crippen molar-refractivity contribution in [3.8, 4) is 5.75 Å². The zero-order valence-electron chi connectivity index (χ0n) is 14.2. The number of ether oxygens (including phenoxy) is 2. The van der Waals surface area contributed by atoms with Crippen molar-refractivity contribution in [2.24, 2.45) is 0 Å². The molecule has 2 rings (SSSR count). The lowest BCUT2D eigenvalue weighted by atomic mass is 10.1. The first kappa shape index (κ1) is 18.2. The van der Waals surface area contributed by atoms with E-state index in [0.717, 1.165) is 11.1 Å². The summed E-state index contributed by atoms with van der Waals surface area (Å²) in [6, 6.07) is 4.64. The highest BCUT2D eigenvalue weighted by Crippen LogP contribution is 2.28. The van der Waals surface area contributed by atoms with E-state index in [1.54, 1.807) is 37.9 Å². The fraction of sp³-hybridized carbons (Fsp3) is 0.412. The predicted molar refractivity (Wildman–Crippen MR) is 93.8 cm³/mol. The second-order valence-corrected chi connectivity index (χ2v) is 6.23. The summed E-state index contributed by atoms with van der Waals surface area (Å²) in [4.78, 5) is 24.4. The summed E-state index contributed by atoms with van der Waals surface area (Å²) in [6.07, 6.45) is 2.43. The minimum atomic E-state index is -0.697. The van der Waals surface area contributed by atoms with Crippen molar-refractivity contribution >= 4 is 34.6 Å². The van der Waals surface area contributed by atoms with Crippen LogP contribution in [-0.2, 0) is 9.53 Å². The zero-order chi connectivity index (χ0) is 17.7. The molecule has 0 bridgehead atoms. The van der Waals surface area contributed by atoms with Gasteiger partial charge in [-0.15, -0.1) is 0 Å². The molecule has 0 aliphatic heterocycles. The topological polar surface area (TPSA) is 77.8 Å². The molecule has 1 N–H and O–H groups in total. The summed E-state index contributed by atoms with van der Waals surface area (Å²) >= 11 is 1.60. The minimum Gasteiger partial charge on any atom is -0.497 e. The SMILES string of the molecule is COC(=O)[C@@H](CCSC)NC(=O)c1oc2ccc(OC)cc2c1C. The molecule has 6 nitrogen and oxygen atoms in total. The molecule has 24 heavy (non-hydrogen) atoms. The van der Waals surface area contributed by atoms with Crippen LogP contribution in [0.3, 0.4) is 0 Å². The van der Waals surface area contributed by atoms with Gasteiger partial charge in [0.1, 0.15) is 17.4 Å². The van der Waals surface area contributed by atoms with Gasteiger partial charge in [0.15, 0.2) is 5.76 Å². The Balaban J connectivity index is 2.26. The molecular formula is C17H21NO5S. The number of hydrogen-bond acceptors (Lipinski definition) is 6. The summed E-state index contributed by atoms with van der Waals surface area (Å²) in [5.41, 5.74) is 1.30. The molecule has 2 aromatic rings. The number of carbonyl (C=O) groups excluding carboxylic acids is 2. The lowest BCUT2D eigenvalue weighted by Crippen LogP contribution is -2.42. The molecule has 1 amide bonds. The number of amides is 1. The first-order valence-corrected chi connectivity index (χ1v) is 8.86. The third-order valence-corrected chi connectivity index (χ3v) is 4.40.